The lowest BCUT2D eigenvalue weighted by molar-refractivity contribution is 0.208. The van der Waals surface area contributed by atoms with E-state index in [0.717, 1.165) is 24.0 Å². The van der Waals surface area contributed by atoms with Crippen molar-refractivity contribution >= 4 is 11.7 Å². The molecule has 7 heteroatoms. The largest absolute Gasteiger partial charge is 0.497 e. The Morgan fingerprint density at radius 1 is 0.829 bits per heavy atom. The third-order valence-corrected chi connectivity index (χ3v) is 5.56. The van der Waals surface area contributed by atoms with Crippen LogP contribution in [0.1, 0.15) is 30.9 Å². The molecule has 0 bridgehead atoms. The minimum absolute atomic E-state index is 0.203. The lowest BCUT2D eigenvalue weighted by Gasteiger charge is -2.24. The fourth-order valence-corrected chi connectivity index (χ4v) is 3.58. The Morgan fingerprint density at radius 3 is 2.29 bits per heavy atom. The maximum atomic E-state index is 13.2. The Bertz CT molecular complexity index is 1090. The number of ether oxygens (including phenoxy) is 4. The van der Waals surface area contributed by atoms with Crippen molar-refractivity contribution in [1.82, 2.24) is 4.90 Å². The normalized spacial score (nSPS) is 10.4. The van der Waals surface area contributed by atoms with Crippen LogP contribution in [0.3, 0.4) is 0 Å². The van der Waals surface area contributed by atoms with E-state index in [4.69, 9.17) is 18.9 Å². The molecule has 0 aliphatic carbocycles. The molecule has 7 nitrogen and oxygen atoms in total. The zero-order chi connectivity index (χ0) is 25.0. The van der Waals surface area contributed by atoms with E-state index < -0.39 is 0 Å². The SMILES string of the molecule is CCCCN(Cc1ccc(OCc2ccccc2)c(OC)c1)C(=O)Nc1ccc(OC)cc1OC. The van der Waals surface area contributed by atoms with Crippen molar-refractivity contribution < 1.29 is 23.7 Å². The van der Waals surface area contributed by atoms with Gasteiger partial charge in [0, 0.05) is 19.2 Å². The summed E-state index contributed by atoms with van der Waals surface area (Å²) in [6.45, 7) is 3.60. The molecule has 0 fully saturated rings. The Balaban J connectivity index is 1.73. The summed E-state index contributed by atoms with van der Waals surface area (Å²) in [7, 11) is 4.77. The fourth-order valence-electron chi connectivity index (χ4n) is 3.58. The standard InChI is InChI=1S/C28H34N2O5/c1-5-6-16-30(28(31)29-24-14-13-23(32-2)18-26(24)33-3)19-22-12-15-25(27(17-22)34-4)35-20-21-10-8-7-9-11-21/h7-15,17-18H,5-6,16,19-20H2,1-4H3,(H,29,31). The predicted octanol–water partition coefficient (Wildman–Crippen LogP) is 6.13. The van der Waals surface area contributed by atoms with Gasteiger partial charge in [-0.25, -0.2) is 4.79 Å². The molecule has 0 aliphatic rings. The highest BCUT2D eigenvalue weighted by Gasteiger charge is 2.17. The quantitative estimate of drug-likeness (QED) is 0.339. The number of nitrogens with zero attached hydrogens (tertiary/aromatic N) is 1. The van der Waals surface area contributed by atoms with Crippen LogP contribution < -0.4 is 24.3 Å². The van der Waals surface area contributed by atoms with Gasteiger partial charge >= 0.3 is 6.03 Å². The minimum Gasteiger partial charge on any atom is -0.497 e. The summed E-state index contributed by atoms with van der Waals surface area (Å²) in [5.41, 5.74) is 2.61. The van der Waals surface area contributed by atoms with Gasteiger partial charge in [0.25, 0.3) is 0 Å². The van der Waals surface area contributed by atoms with Gasteiger partial charge in [-0.3, -0.25) is 0 Å². The lowest BCUT2D eigenvalue weighted by atomic mass is 10.1. The van der Waals surface area contributed by atoms with Crippen LogP contribution in [0.15, 0.2) is 66.7 Å². The van der Waals surface area contributed by atoms with Crippen LogP contribution in [0.2, 0.25) is 0 Å². The molecule has 0 heterocycles. The zero-order valence-electron chi connectivity index (χ0n) is 20.9. The predicted molar refractivity (Wildman–Crippen MR) is 138 cm³/mol. The molecule has 3 aromatic carbocycles. The van der Waals surface area contributed by atoms with Gasteiger partial charge in [-0.05, 0) is 41.8 Å². The first-order valence-electron chi connectivity index (χ1n) is 11.7. The van der Waals surface area contributed by atoms with Gasteiger partial charge in [0.15, 0.2) is 11.5 Å². The number of nitrogens with one attached hydrogen (secondary N) is 1. The second kappa shape index (κ2) is 13.1. The first kappa shape index (κ1) is 25.7. The summed E-state index contributed by atoms with van der Waals surface area (Å²) in [5.74, 6) is 2.48. The molecular formula is C28H34N2O5. The number of hydrogen-bond donors (Lipinski definition) is 1. The fraction of sp³-hybridized carbons (Fsp3) is 0.321. The van der Waals surface area contributed by atoms with Gasteiger partial charge < -0.3 is 29.2 Å². The van der Waals surface area contributed by atoms with Crippen molar-refractivity contribution in [3.8, 4) is 23.0 Å². The topological polar surface area (TPSA) is 69.3 Å². The van der Waals surface area contributed by atoms with Crippen molar-refractivity contribution in [2.75, 3.05) is 33.2 Å². The molecule has 35 heavy (non-hydrogen) atoms. The van der Waals surface area contributed by atoms with Gasteiger partial charge in [-0.2, -0.15) is 0 Å². The number of carbonyl (C=O) groups is 1. The molecule has 3 aromatic rings. The van der Waals surface area contributed by atoms with E-state index in [1.54, 1.807) is 44.4 Å². The minimum atomic E-state index is -0.203. The Kier molecular flexibility index (Phi) is 9.66. The third kappa shape index (κ3) is 7.30. The molecule has 0 unspecified atom stereocenters. The van der Waals surface area contributed by atoms with Crippen molar-refractivity contribution in [3.05, 3.63) is 77.9 Å². The summed E-state index contributed by atoms with van der Waals surface area (Å²) in [4.78, 5) is 15.0. The summed E-state index contributed by atoms with van der Waals surface area (Å²) in [6.07, 6.45) is 1.87. The second-order valence-electron chi connectivity index (χ2n) is 8.03. The average molecular weight is 479 g/mol. The first-order chi connectivity index (χ1) is 17.1. The maximum absolute atomic E-state index is 13.2. The van der Waals surface area contributed by atoms with E-state index >= 15 is 0 Å². The van der Waals surface area contributed by atoms with Crippen LogP contribution in [0.5, 0.6) is 23.0 Å². The van der Waals surface area contributed by atoms with E-state index in [0.29, 0.717) is 48.4 Å². The van der Waals surface area contributed by atoms with Crippen LogP contribution in [-0.2, 0) is 13.2 Å². The first-order valence-corrected chi connectivity index (χ1v) is 11.7. The van der Waals surface area contributed by atoms with E-state index in [1.165, 1.54) is 0 Å². The van der Waals surface area contributed by atoms with E-state index in [1.807, 2.05) is 48.5 Å². The summed E-state index contributed by atoms with van der Waals surface area (Å²) < 4.78 is 22.2. The maximum Gasteiger partial charge on any atom is 0.322 e. The number of rotatable bonds is 12. The highest BCUT2D eigenvalue weighted by molar-refractivity contribution is 5.91. The average Bonchev–Trinajstić information content (AvgIpc) is 2.90. The molecule has 0 radical (unpaired) electrons. The Morgan fingerprint density at radius 2 is 1.60 bits per heavy atom. The van der Waals surface area contributed by atoms with Gasteiger partial charge in [0.1, 0.15) is 18.1 Å². The number of amides is 2. The summed E-state index contributed by atoms with van der Waals surface area (Å²) in [6, 6.07) is 20.8. The monoisotopic (exact) mass is 478 g/mol. The number of carbonyl (C=O) groups excluding carboxylic acids is 1. The smallest absolute Gasteiger partial charge is 0.322 e. The van der Waals surface area contributed by atoms with Crippen LogP contribution in [0.25, 0.3) is 0 Å². The van der Waals surface area contributed by atoms with Crippen molar-refractivity contribution in [3.63, 3.8) is 0 Å². The highest BCUT2D eigenvalue weighted by atomic mass is 16.5. The van der Waals surface area contributed by atoms with Gasteiger partial charge in [-0.15, -0.1) is 0 Å². The molecule has 0 aliphatic heterocycles. The van der Waals surface area contributed by atoms with Gasteiger partial charge in [0.2, 0.25) is 0 Å². The number of methoxy groups -OCH3 is 3. The van der Waals surface area contributed by atoms with E-state index in [2.05, 4.69) is 12.2 Å². The highest BCUT2D eigenvalue weighted by Crippen LogP contribution is 2.31. The number of unbranched alkanes of at least 4 members (excludes halogenated alkanes) is 1. The molecule has 0 spiro atoms. The second-order valence-corrected chi connectivity index (χ2v) is 8.03. The van der Waals surface area contributed by atoms with Gasteiger partial charge in [0.05, 0.1) is 27.0 Å². The number of hydrogen-bond acceptors (Lipinski definition) is 5. The Hall–Kier alpha value is -3.87. The Labute approximate surface area is 207 Å². The molecule has 1 N–H and O–H groups in total. The number of anilines is 1. The molecule has 0 saturated heterocycles. The molecular weight excluding hydrogens is 444 g/mol. The third-order valence-electron chi connectivity index (χ3n) is 5.56. The molecule has 0 aromatic heterocycles. The summed E-state index contributed by atoms with van der Waals surface area (Å²) >= 11 is 0. The van der Waals surface area contributed by atoms with Crippen molar-refractivity contribution in [2.45, 2.75) is 32.9 Å². The molecule has 3 rings (SSSR count). The van der Waals surface area contributed by atoms with Crippen LogP contribution >= 0.6 is 0 Å². The van der Waals surface area contributed by atoms with Crippen molar-refractivity contribution in [2.24, 2.45) is 0 Å². The molecule has 186 valence electrons. The van der Waals surface area contributed by atoms with Crippen molar-refractivity contribution in [1.29, 1.82) is 0 Å². The number of urea groups is 1. The molecule has 2 amide bonds. The van der Waals surface area contributed by atoms with Crippen LogP contribution in [-0.4, -0.2) is 38.8 Å². The van der Waals surface area contributed by atoms with Crippen LogP contribution in [0, 0.1) is 0 Å². The molecule has 0 saturated carbocycles. The van der Waals surface area contributed by atoms with E-state index in [-0.39, 0.29) is 6.03 Å². The van der Waals surface area contributed by atoms with E-state index in [9.17, 15) is 4.79 Å². The zero-order valence-corrected chi connectivity index (χ0v) is 20.9. The molecule has 0 atom stereocenters. The summed E-state index contributed by atoms with van der Waals surface area (Å²) in [5, 5.41) is 2.97. The number of benzene rings is 3. The van der Waals surface area contributed by atoms with Crippen LogP contribution in [0.4, 0.5) is 10.5 Å². The lowest BCUT2D eigenvalue weighted by Crippen LogP contribution is -2.35. The van der Waals surface area contributed by atoms with Gasteiger partial charge in [-0.1, -0.05) is 49.7 Å².